The second-order valence-corrected chi connectivity index (χ2v) is 7.16. The first-order chi connectivity index (χ1) is 12.6. The molecule has 0 aliphatic heterocycles. The van der Waals surface area contributed by atoms with E-state index in [2.05, 4.69) is 15.5 Å². The normalized spacial score (nSPS) is 10.7. The number of thioether (sulfide) groups is 1. The Morgan fingerprint density at radius 1 is 1.23 bits per heavy atom. The van der Waals surface area contributed by atoms with Gasteiger partial charge >= 0.3 is 0 Å². The van der Waals surface area contributed by atoms with Crippen LogP contribution in [0.4, 0.5) is 5.69 Å². The number of hydrogen-bond donors (Lipinski definition) is 2. The van der Waals surface area contributed by atoms with Gasteiger partial charge in [-0.05, 0) is 30.5 Å². The highest BCUT2D eigenvalue weighted by Crippen LogP contribution is 2.27. The topological polar surface area (TPSA) is 103 Å². The molecular formula is C17H17N5O2S2. The predicted octanol–water partition coefficient (Wildman–Crippen LogP) is 2.86. The Labute approximate surface area is 158 Å². The lowest BCUT2D eigenvalue weighted by molar-refractivity contribution is -0.113. The minimum Gasteiger partial charge on any atom is -0.366 e. The van der Waals surface area contributed by atoms with Gasteiger partial charge in [-0.2, -0.15) is 0 Å². The number of nitrogens with two attached hydrogens (primary N) is 1. The molecule has 0 radical (unpaired) electrons. The largest absolute Gasteiger partial charge is 0.366 e. The molecule has 2 heterocycles. The number of benzene rings is 1. The van der Waals surface area contributed by atoms with Crippen molar-refractivity contribution in [1.82, 2.24) is 14.8 Å². The number of para-hydroxylation sites is 1. The van der Waals surface area contributed by atoms with Crippen molar-refractivity contribution in [1.29, 1.82) is 0 Å². The number of anilines is 1. The fraction of sp³-hybridized carbons (Fsp3) is 0.176. The van der Waals surface area contributed by atoms with Gasteiger partial charge in [0, 0.05) is 6.54 Å². The maximum absolute atomic E-state index is 12.3. The van der Waals surface area contributed by atoms with E-state index in [0.29, 0.717) is 17.4 Å². The number of thiophene rings is 1. The molecule has 26 heavy (non-hydrogen) atoms. The monoisotopic (exact) mass is 387 g/mol. The first-order valence-corrected chi connectivity index (χ1v) is 9.75. The Morgan fingerprint density at radius 3 is 2.73 bits per heavy atom. The zero-order valence-electron chi connectivity index (χ0n) is 14.0. The van der Waals surface area contributed by atoms with E-state index >= 15 is 0 Å². The molecule has 0 saturated heterocycles. The van der Waals surface area contributed by atoms with E-state index in [9.17, 15) is 9.59 Å². The number of nitrogens with zero attached hydrogens (tertiary/aromatic N) is 3. The number of primary amides is 1. The van der Waals surface area contributed by atoms with Gasteiger partial charge in [0.25, 0.3) is 5.91 Å². The Balaban J connectivity index is 1.68. The van der Waals surface area contributed by atoms with Crippen LogP contribution in [0.5, 0.6) is 0 Å². The van der Waals surface area contributed by atoms with E-state index in [1.54, 1.807) is 35.6 Å². The third-order valence-corrected chi connectivity index (χ3v) is 5.41. The van der Waals surface area contributed by atoms with Crippen LogP contribution < -0.4 is 11.1 Å². The highest BCUT2D eigenvalue weighted by Gasteiger charge is 2.16. The highest BCUT2D eigenvalue weighted by atomic mass is 32.2. The Bertz CT molecular complexity index is 921. The number of aromatic nitrogens is 3. The van der Waals surface area contributed by atoms with E-state index in [4.69, 9.17) is 5.73 Å². The smallest absolute Gasteiger partial charge is 0.250 e. The van der Waals surface area contributed by atoms with Crippen molar-refractivity contribution in [2.45, 2.75) is 18.6 Å². The lowest BCUT2D eigenvalue weighted by Gasteiger charge is -2.09. The van der Waals surface area contributed by atoms with Gasteiger partial charge in [0.1, 0.15) is 0 Å². The van der Waals surface area contributed by atoms with Gasteiger partial charge in [0.05, 0.1) is 21.9 Å². The fourth-order valence-electron chi connectivity index (χ4n) is 2.39. The van der Waals surface area contributed by atoms with E-state index in [1.807, 2.05) is 29.0 Å². The van der Waals surface area contributed by atoms with Crippen LogP contribution >= 0.6 is 23.1 Å². The third-order valence-electron chi connectivity index (χ3n) is 3.57. The molecule has 2 aromatic heterocycles. The Kier molecular flexibility index (Phi) is 5.69. The second-order valence-electron chi connectivity index (χ2n) is 5.27. The number of rotatable bonds is 7. The highest BCUT2D eigenvalue weighted by molar-refractivity contribution is 7.99. The first-order valence-electron chi connectivity index (χ1n) is 7.88. The molecule has 2 amide bonds. The van der Waals surface area contributed by atoms with Crippen molar-refractivity contribution >= 4 is 40.6 Å². The summed E-state index contributed by atoms with van der Waals surface area (Å²) in [4.78, 5) is 24.7. The fourth-order valence-corrected chi connectivity index (χ4v) is 3.91. The molecule has 0 aliphatic rings. The molecule has 0 aliphatic carbocycles. The van der Waals surface area contributed by atoms with E-state index in [0.717, 1.165) is 10.7 Å². The Morgan fingerprint density at radius 2 is 2.04 bits per heavy atom. The lowest BCUT2D eigenvalue weighted by atomic mass is 10.1. The molecule has 1 aromatic carbocycles. The van der Waals surface area contributed by atoms with Crippen molar-refractivity contribution in [3.05, 3.63) is 47.3 Å². The summed E-state index contributed by atoms with van der Waals surface area (Å²) in [6.45, 7) is 2.71. The SMILES string of the molecule is CCn1c(SCC(=O)Nc2ccccc2C(N)=O)nnc1-c1cccs1. The van der Waals surface area contributed by atoms with Gasteiger partial charge < -0.3 is 15.6 Å². The molecule has 0 unspecified atom stereocenters. The third kappa shape index (κ3) is 3.94. The van der Waals surface area contributed by atoms with E-state index in [-0.39, 0.29) is 17.2 Å². The molecular weight excluding hydrogens is 370 g/mol. The lowest BCUT2D eigenvalue weighted by Crippen LogP contribution is -2.19. The maximum Gasteiger partial charge on any atom is 0.250 e. The van der Waals surface area contributed by atoms with Crippen LogP contribution in [-0.4, -0.2) is 32.3 Å². The summed E-state index contributed by atoms with van der Waals surface area (Å²) in [5.41, 5.74) is 6.01. The maximum atomic E-state index is 12.3. The molecule has 134 valence electrons. The van der Waals surface area contributed by atoms with Crippen molar-refractivity contribution < 1.29 is 9.59 Å². The van der Waals surface area contributed by atoms with Crippen LogP contribution in [0.3, 0.4) is 0 Å². The molecule has 0 fully saturated rings. The molecule has 9 heteroatoms. The van der Waals surface area contributed by atoms with Crippen LogP contribution in [0.2, 0.25) is 0 Å². The van der Waals surface area contributed by atoms with E-state index in [1.165, 1.54) is 11.8 Å². The summed E-state index contributed by atoms with van der Waals surface area (Å²) in [6.07, 6.45) is 0. The number of hydrogen-bond acceptors (Lipinski definition) is 6. The van der Waals surface area contributed by atoms with Gasteiger partial charge in [-0.25, -0.2) is 0 Å². The number of nitrogens with one attached hydrogen (secondary N) is 1. The average molecular weight is 387 g/mol. The zero-order valence-corrected chi connectivity index (χ0v) is 15.6. The second kappa shape index (κ2) is 8.15. The van der Waals surface area contributed by atoms with Crippen LogP contribution in [-0.2, 0) is 11.3 Å². The van der Waals surface area contributed by atoms with Crippen LogP contribution in [0, 0.1) is 0 Å². The minimum absolute atomic E-state index is 0.148. The minimum atomic E-state index is -0.583. The zero-order chi connectivity index (χ0) is 18.5. The predicted molar refractivity (Wildman–Crippen MR) is 103 cm³/mol. The summed E-state index contributed by atoms with van der Waals surface area (Å²) in [5, 5.41) is 13.8. The first kappa shape index (κ1) is 18.2. The van der Waals surface area contributed by atoms with Crippen molar-refractivity contribution in [2.75, 3.05) is 11.1 Å². The van der Waals surface area contributed by atoms with Crippen molar-refractivity contribution in [2.24, 2.45) is 5.73 Å². The summed E-state index contributed by atoms with van der Waals surface area (Å²) >= 11 is 2.89. The van der Waals surface area contributed by atoms with Gasteiger partial charge in [-0.3, -0.25) is 9.59 Å². The van der Waals surface area contributed by atoms with Crippen molar-refractivity contribution in [3.8, 4) is 10.7 Å². The molecule has 0 atom stereocenters. The van der Waals surface area contributed by atoms with Crippen LogP contribution in [0.15, 0.2) is 46.9 Å². The van der Waals surface area contributed by atoms with Crippen LogP contribution in [0.1, 0.15) is 17.3 Å². The molecule has 7 nitrogen and oxygen atoms in total. The van der Waals surface area contributed by atoms with Gasteiger partial charge in [-0.15, -0.1) is 21.5 Å². The van der Waals surface area contributed by atoms with E-state index < -0.39 is 5.91 Å². The average Bonchev–Trinajstić information content (AvgIpc) is 3.29. The quantitative estimate of drug-likeness (QED) is 0.607. The molecule has 0 bridgehead atoms. The van der Waals surface area contributed by atoms with Gasteiger partial charge in [0.2, 0.25) is 5.91 Å². The van der Waals surface area contributed by atoms with Gasteiger partial charge in [-0.1, -0.05) is 30.0 Å². The standard InChI is InChI=1S/C17H17N5O2S2/c1-2-22-16(13-8-5-9-25-13)20-21-17(22)26-10-14(23)19-12-7-4-3-6-11(12)15(18)24/h3-9H,2,10H2,1H3,(H2,18,24)(H,19,23). The van der Waals surface area contributed by atoms with Gasteiger partial charge in [0.15, 0.2) is 11.0 Å². The summed E-state index contributed by atoms with van der Waals surface area (Å²) in [5.74, 6) is 0.117. The molecule has 0 spiro atoms. The number of amides is 2. The molecule has 3 aromatic rings. The van der Waals surface area contributed by atoms with Crippen LogP contribution in [0.25, 0.3) is 10.7 Å². The molecule has 3 N–H and O–H groups in total. The summed E-state index contributed by atoms with van der Waals surface area (Å²) in [6, 6.07) is 10.6. The molecule has 3 rings (SSSR count). The molecule has 0 saturated carbocycles. The number of carbonyl (C=O) groups is 2. The van der Waals surface area contributed by atoms with Crippen molar-refractivity contribution in [3.63, 3.8) is 0 Å². The summed E-state index contributed by atoms with van der Waals surface area (Å²) in [7, 11) is 0. The number of carbonyl (C=O) groups excluding carboxylic acids is 2. The summed E-state index contributed by atoms with van der Waals surface area (Å²) < 4.78 is 1.97. The Hall–Kier alpha value is -2.65.